The molecular weight excluding hydrogens is 182 g/mol. The Morgan fingerprint density at radius 2 is 2.23 bits per heavy atom. The van der Waals surface area contributed by atoms with Crippen LogP contribution >= 0.6 is 11.8 Å². The quantitative estimate of drug-likeness (QED) is 0.693. The number of ketones is 1. The van der Waals surface area contributed by atoms with E-state index in [4.69, 9.17) is 0 Å². The van der Waals surface area contributed by atoms with E-state index in [9.17, 15) is 4.79 Å². The van der Waals surface area contributed by atoms with Gasteiger partial charge < -0.3 is 5.32 Å². The maximum Gasteiger partial charge on any atom is 0.147 e. The van der Waals surface area contributed by atoms with Crippen LogP contribution < -0.4 is 5.32 Å². The van der Waals surface area contributed by atoms with E-state index in [0.717, 1.165) is 6.54 Å². The molecule has 1 N–H and O–H groups in total. The highest BCUT2D eigenvalue weighted by Crippen LogP contribution is 2.49. The van der Waals surface area contributed by atoms with Crippen LogP contribution in [0.4, 0.5) is 0 Å². The van der Waals surface area contributed by atoms with Gasteiger partial charge in [-0.05, 0) is 19.3 Å². The smallest absolute Gasteiger partial charge is 0.147 e. The summed E-state index contributed by atoms with van der Waals surface area (Å²) in [5.41, 5.74) is 0. The molecule has 2 unspecified atom stereocenters. The topological polar surface area (TPSA) is 29.1 Å². The van der Waals surface area contributed by atoms with Crippen LogP contribution in [0.25, 0.3) is 0 Å². The highest BCUT2D eigenvalue weighted by Gasteiger charge is 2.48. The molecule has 0 aromatic heterocycles. The second-order valence-electron chi connectivity index (χ2n) is 4.78. The van der Waals surface area contributed by atoms with Crippen LogP contribution in [-0.4, -0.2) is 28.4 Å². The Morgan fingerprint density at radius 1 is 1.54 bits per heavy atom. The van der Waals surface area contributed by atoms with Crippen LogP contribution in [0.1, 0.15) is 27.2 Å². The monoisotopic (exact) mass is 199 g/mol. The summed E-state index contributed by atoms with van der Waals surface area (Å²) in [7, 11) is 0. The van der Waals surface area contributed by atoms with Gasteiger partial charge in [-0.3, -0.25) is 4.79 Å². The summed E-state index contributed by atoms with van der Waals surface area (Å²) in [6, 6.07) is 0.138. The van der Waals surface area contributed by atoms with Crippen molar-refractivity contribution in [2.45, 2.75) is 43.2 Å². The summed E-state index contributed by atoms with van der Waals surface area (Å²) in [5.74, 6) is 0.892. The third-order valence-electron chi connectivity index (χ3n) is 3.08. The van der Waals surface area contributed by atoms with E-state index in [2.05, 4.69) is 19.2 Å². The van der Waals surface area contributed by atoms with Crippen molar-refractivity contribution in [2.75, 3.05) is 6.54 Å². The minimum atomic E-state index is 0.138. The van der Waals surface area contributed by atoms with Crippen LogP contribution in [-0.2, 0) is 4.79 Å². The molecule has 2 nitrogen and oxygen atoms in total. The minimum Gasteiger partial charge on any atom is -0.306 e. The number of hydrogen-bond acceptors (Lipinski definition) is 3. The molecule has 0 aromatic carbocycles. The molecular formula is C10H17NOS. The summed E-state index contributed by atoms with van der Waals surface area (Å²) in [4.78, 5) is 11.3. The maximum atomic E-state index is 11.3. The van der Waals surface area contributed by atoms with Crippen molar-refractivity contribution in [3.05, 3.63) is 0 Å². The SMILES string of the molecule is CC(=O)[C@H]1NCC2SC(C)(C)CC21. The number of hydrogen-bond donors (Lipinski definition) is 1. The molecule has 3 atom stereocenters. The van der Waals surface area contributed by atoms with Crippen LogP contribution in [0, 0.1) is 5.92 Å². The molecule has 13 heavy (non-hydrogen) atoms. The van der Waals surface area contributed by atoms with E-state index in [1.807, 2.05) is 11.8 Å². The zero-order valence-corrected chi connectivity index (χ0v) is 9.28. The lowest BCUT2D eigenvalue weighted by Crippen LogP contribution is -2.35. The van der Waals surface area contributed by atoms with Gasteiger partial charge in [0.1, 0.15) is 5.78 Å². The molecule has 2 saturated heterocycles. The average Bonchev–Trinajstić information content (AvgIpc) is 2.41. The van der Waals surface area contributed by atoms with Gasteiger partial charge >= 0.3 is 0 Å². The lowest BCUT2D eigenvalue weighted by atomic mass is 9.89. The molecule has 3 heteroatoms. The molecule has 2 aliphatic heterocycles. The molecule has 0 amide bonds. The molecule has 74 valence electrons. The molecule has 0 aliphatic carbocycles. The predicted octanol–water partition coefficient (Wildman–Crippen LogP) is 1.45. The highest BCUT2D eigenvalue weighted by molar-refractivity contribution is 8.01. The van der Waals surface area contributed by atoms with E-state index in [-0.39, 0.29) is 6.04 Å². The molecule has 0 spiro atoms. The molecule has 0 bridgehead atoms. The second kappa shape index (κ2) is 2.99. The summed E-state index contributed by atoms with van der Waals surface area (Å²) in [5, 5.41) is 4.00. The van der Waals surface area contributed by atoms with Crippen molar-refractivity contribution in [2.24, 2.45) is 5.92 Å². The molecule has 0 radical (unpaired) electrons. The fourth-order valence-electron chi connectivity index (χ4n) is 2.61. The zero-order chi connectivity index (χ0) is 9.64. The number of nitrogens with one attached hydrogen (secondary N) is 1. The Labute approximate surface area is 83.8 Å². The van der Waals surface area contributed by atoms with Gasteiger partial charge in [0.05, 0.1) is 6.04 Å². The highest BCUT2D eigenvalue weighted by atomic mass is 32.2. The van der Waals surface area contributed by atoms with Crippen molar-refractivity contribution in [3.8, 4) is 0 Å². The first-order valence-corrected chi connectivity index (χ1v) is 5.79. The zero-order valence-electron chi connectivity index (χ0n) is 8.46. The summed E-state index contributed by atoms with van der Waals surface area (Å²) < 4.78 is 0.380. The molecule has 2 heterocycles. The van der Waals surface area contributed by atoms with Crippen LogP contribution in [0.15, 0.2) is 0 Å². The number of fused-ring (bicyclic) bond motifs is 1. The first-order chi connectivity index (χ1) is 5.99. The third kappa shape index (κ3) is 1.64. The van der Waals surface area contributed by atoms with E-state index in [1.54, 1.807) is 6.92 Å². The van der Waals surface area contributed by atoms with E-state index in [1.165, 1.54) is 6.42 Å². The van der Waals surface area contributed by atoms with E-state index < -0.39 is 0 Å². The number of thioether (sulfide) groups is 1. The minimum absolute atomic E-state index is 0.138. The Kier molecular flexibility index (Phi) is 2.19. The van der Waals surface area contributed by atoms with Gasteiger partial charge in [0, 0.05) is 16.5 Å². The van der Waals surface area contributed by atoms with Gasteiger partial charge in [-0.15, -0.1) is 0 Å². The normalized spacial score (nSPS) is 41.9. The molecule has 0 saturated carbocycles. The summed E-state index contributed by atoms with van der Waals surface area (Å²) >= 11 is 2.04. The molecule has 2 fully saturated rings. The summed E-state index contributed by atoms with van der Waals surface area (Å²) in [6.07, 6.45) is 1.18. The molecule has 2 rings (SSSR count). The Morgan fingerprint density at radius 3 is 2.85 bits per heavy atom. The number of Topliss-reactive ketones (excluding diaryl/α,β-unsaturated/α-hetero) is 1. The fraction of sp³-hybridized carbons (Fsp3) is 0.900. The Hall–Kier alpha value is -0.0200. The van der Waals surface area contributed by atoms with Crippen LogP contribution in [0.5, 0.6) is 0 Å². The van der Waals surface area contributed by atoms with Crippen molar-refractivity contribution >= 4 is 17.5 Å². The van der Waals surface area contributed by atoms with Crippen molar-refractivity contribution in [1.82, 2.24) is 5.32 Å². The van der Waals surface area contributed by atoms with Gasteiger partial charge in [0.15, 0.2) is 0 Å². The Bertz CT molecular complexity index is 239. The lowest BCUT2D eigenvalue weighted by molar-refractivity contribution is -0.119. The number of carbonyl (C=O) groups is 1. The molecule has 2 aliphatic rings. The van der Waals surface area contributed by atoms with Crippen molar-refractivity contribution < 1.29 is 4.79 Å². The van der Waals surface area contributed by atoms with E-state index >= 15 is 0 Å². The predicted molar refractivity (Wildman–Crippen MR) is 56.0 cm³/mol. The number of rotatable bonds is 1. The van der Waals surface area contributed by atoms with Gasteiger partial charge in [-0.25, -0.2) is 0 Å². The molecule has 0 aromatic rings. The second-order valence-corrected chi connectivity index (χ2v) is 6.73. The summed E-state index contributed by atoms with van der Waals surface area (Å²) in [6.45, 7) is 7.29. The van der Waals surface area contributed by atoms with Gasteiger partial charge in [-0.1, -0.05) is 13.8 Å². The van der Waals surface area contributed by atoms with Crippen LogP contribution in [0.3, 0.4) is 0 Å². The average molecular weight is 199 g/mol. The third-order valence-corrected chi connectivity index (χ3v) is 4.70. The van der Waals surface area contributed by atoms with Crippen molar-refractivity contribution in [3.63, 3.8) is 0 Å². The Balaban J connectivity index is 2.12. The van der Waals surface area contributed by atoms with Gasteiger partial charge in [-0.2, -0.15) is 11.8 Å². The van der Waals surface area contributed by atoms with E-state index in [0.29, 0.717) is 21.7 Å². The first-order valence-electron chi connectivity index (χ1n) is 4.91. The largest absolute Gasteiger partial charge is 0.306 e. The maximum absolute atomic E-state index is 11.3. The number of carbonyl (C=O) groups excluding carboxylic acids is 1. The fourth-order valence-corrected chi connectivity index (χ4v) is 4.33. The lowest BCUT2D eigenvalue weighted by Gasteiger charge is -2.19. The van der Waals surface area contributed by atoms with Gasteiger partial charge in [0.2, 0.25) is 0 Å². The first kappa shape index (κ1) is 9.53. The van der Waals surface area contributed by atoms with Gasteiger partial charge in [0.25, 0.3) is 0 Å². The standard InChI is InChI=1S/C10H17NOS/c1-6(12)9-7-4-10(2,3)13-8(7)5-11-9/h7-9,11H,4-5H2,1-3H3/t7?,8?,9-/m1/s1. The van der Waals surface area contributed by atoms with Crippen molar-refractivity contribution in [1.29, 1.82) is 0 Å². The van der Waals surface area contributed by atoms with Crippen LogP contribution in [0.2, 0.25) is 0 Å².